The lowest BCUT2D eigenvalue weighted by Gasteiger charge is -2.26. The van der Waals surface area contributed by atoms with Crippen LogP contribution in [0.4, 0.5) is 4.79 Å². The number of hydrogen-bond donors (Lipinski definition) is 1. The number of urea groups is 1. The number of carbonyl (C=O) groups is 2. The highest BCUT2D eigenvalue weighted by Gasteiger charge is 2.29. The van der Waals surface area contributed by atoms with Gasteiger partial charge in [-0.25, -0.2) is 9.59 Å². The van der Waals surface area contributed by atoms with Crippen LogP contribution in [-0.4, -0.2) is 54.8 Å². The molecular formula is C15H25N3O4S. The number of rotatable bonds is 8. The summed E-state index contributed by atoms with van der Waals surface area (Å²) in [5, 5.41) is 2.68. The molecule has 23 heavy (non-hydrogen) atoms. The molecule has 2 amide bonds. The van der Waals surface area contributed by atoms with Gasteiger partial charge in [0.1, 0.15) is 0 Å². The van der Waals surface area contributed by atoms with Gasteiger partial charge in [0.2, 0.25) is 0 Å². The molecule has 0 saturated heterocycles. The summed E-state index contributed by atoms with van der Waals surface area (Å²) in [6.45, 7) is 6.70. The Balaban J connectivity index is 2.64. The molecule has 2 atom stereocenters. The Morgan fingerprint density at radius 2 is 2.09 bits per heavy atom. The van der Waals surface area contributed by atoms with Gasteiger partial charge in [-0.2, -0.15) is 0 Å². The molecule has 0 aromatic carbocycles. The highest BCUT2D eigenvalue weighted by molar-refractivity contribution is 7.09. The van der Waals surface area contributed by atoms with E-state index in [1.54, 1.807) is 25.7 Å². The Bertz CT molecular complexity index is 493. The number of aromatic nitrogens is 1. The first-order valence-corrected chi connectivity index (χ1v) is 8.31. The third kappa shape index (κ3) is 6.54. The van der Waals surface area contributed by atoms with Gasteiger partial charge in [0.25, 0.3) is 0 Å². The number of esters is 1. The van der Waals surface area contributed by atoms with Crippen LogP contribution in [0.1, 0.15) is 25.6 Å². The van der Waals surface area contributed by atoms with Crippen LogP contribution < -0.4 is 5.32 Å². The van der Waals surface area contributed by atoms with E-state index in [1.807, 2.05) is 13.8 Å². The van der Waals surface area contributed by atoms with E-state index in [9.17, 15) is 9.59 Å². The van der Waals surface area contributed by atoms with Gasteiger partial charge in [0.05, 0.1) is 25.3 Å². The molecule has 0 aliphatic carbocycles. The number of thiazole rings is 1. The molecule has 7 nitrogen and oxygen atoms in total. The van der Waals surface area contributed by atoms with E-state index < -0.39 is 18.1 Å². The molecule has 1 N–H and O–H groups in total. The maximum absolute atomic E-state index is 12.3. The Hall–Kier alpha value is -1.67. The lowest BCUT2D eigenvalue weighted by molar-refractivity contribution is -0.147. The van der Waals surface area contributed by atoms with Crippen molar-refractivity contribution in [2.45, 2.75) is 39.5 Å². The summed E-state index contributed by atoms with van der Waals surface area (Å²) in [7, 11) is 2.95. The zero-order valence-corrected chi connectivity index (χ0v) is 15.1. The lowest BCUT2D eigenvalue weighted by Crippen LogP contribution is -2.52. The van der Waals surface area contributed by atoms with Crippen LogP contribution in [0.5, 0.6) is 0 Å². The van der Waals surface area contributed by atoms with Crippen LogP contribution >= 0.6 is 11.3 Å². The van der Waals surface area contributed by atoms with E-state index in [0.717, 1.165) is 4.88 Å². The number of carbonyl (C=O) groups excluding carboxylic acids is 2. The molecular weight excluding hydrogens is 318 g/mol. The van der Waals surface area contributed by atoms with Crippen LogP contribution in [0.25, 0.3) is 0 Å². The first-order valence-electron chi connectivity index (χ1n) is 7.43. The molecule has 0 spiro atoms. The molecule has 1 aromatic heterocycles. The first kappa shape index (κ1) is 19.4. The van der Waals surface area contributed by atoms with Gasteiger partial charge in [-0.05, 0) is 12.8 Å². The fraction of sp³-hybridized carbons (Fsp3) is 0.667. The van der Waals surface area contributed by atoms with E-state index in [4.69, 9.17) is 9.47 Å². The summed E-state index contributed by atoms with van der Waals surface area (Å²) in [6.07, 6.45) is 1.23. The molecule has 1 rings (SSSR count). The van der Waals surface area contributed by atoms with Gasteiger partial charge >= 0.3 is 12.0 Å². The minimum absolute atomic E-state index is 0.334. The average molecular weight is 343 g/mol. The van der Waals surface area contributed by atoms with Crippen molar-refractivity contribution >= 4 is 23.3 Å². The predicted octanol–water partition coefficient (Wildman–Crippen LogP) is 1.89. The van der Waals surface area contributed by atoms with Crippen molar-refractivity contribution in [2.75, 3.05) is 20.8 Å². The van der Waals surface area contributed by atoms with Crippen LogP contribution in [0.2, 0.25) is 0 Å². The summed E-state index contributed by atoms with van der Waals surface area (Å²) < 4.78 is 10.4. The summed E-state index contributed by atoms with van der Waals surface area (Å²) in [5.41, 5.74) is 1.71. The minimum Gasteiger partial charge on any atom is -0.467 e. The van der Waals surface area contributed by atoms with Crippen molar-refractivity contribution < 1.29 is 19.1 Å². The van der Waals surface area contributed by atoms with Gasteiger partial charge in [-0.15, -0.1) is 11.3 Å². The topological polar surface area (TPSA) is 80.8 Å². The Morgan fingerprint density at radius 3 is 2.61 bits per heavy atom. The number of ether oxygens (including phenoxy) is 2. The second-order valence-corrected chi connectivity index (χ2v) is 6.68. The minimum atomic E-state index is -0.852. The van der Waals surface area contributed by atoms with Crippen molar-refractivity contribution in [1.29, 1.82) is 0 Å². The third-order valence-corrected chi connectivity index (χ3v) is 3.88. The maximum Gasteiger partial charge on any atom is 0.331 e. The van der Waals surface area contributed by atoms with Gasteiger partial charge < -0.3 is 19.7 Å². The van der Waals surface area contributed by atoms with E-state index in [0.29, 0.717) is 19.1 Å². The van der Waals surface area contributed by atoms with E-state index in [1.165, 1.54) is 23.3 Å². The van der Waals surface area contributed by atoms with Crippen LogP contribution in [0.15, 0.2) is 11.7 Å². The van der Waals surface area contributed by atoms with Gasteiger partial charge in [0, 0.05) is 24.7 Å². The molecule has 0 radical (unpaired) electrons. The molecule has 1 heterocycles. The van der Waals surface area contributed by atoms with E-state index in [2.05, 4.69) is 10.3 Å². The smallest absolute Gasteiger partial charge is 0.331 e. The van der Waals surface area contributed by atoms with Crippen molar-refractivity contribution in [1.82, 2.24) is 15.2 Å². The third-order valence-electron chi connectivity index (χ3n) is 3.12. The summed E-state index contributed by atoms with van der Waals surface area (Å²) in [6, 6.07) is -1.22. The number of amides is 2. The summed E-state index contributed by atoms with van der Waals surface area (Å²) >= 11 is 1.47. The molecule has 0 saturated carbocycles. The highest BCUT2D eigenvalue weighted by Crippen LogP contribution is 2.10. The Kier molecular flexibility index (Phi) is 7.97. The number of hydrogen-bond acceptors (Lipinski definition) is 6. The molecule has 0 aliphatic rings. The second-order valence-electron chi connectivity index (χ2n) is 5.71. The Morgan fingerprint density at radius 1 is 1.39 bits per heavy atom. The molecule has 130 valence electrons. The average Bonchev–Trinajstić information content (AvgIpc) is 3.01. The van der Waals surface area contributed by atoms with Crippen LogP contribution in [0.3, 0.4) is 0 Å². The fourth-order valence-corrected chi connectivity index (χ4v) is 2.45. The first-order chi connectivity index (χ1) is 10.8. The van der Waals surface area contributed by atoms with E-state index in [-0.39, 0.29) is 6.03 Å². The van der Waals surface area contributed by atoms with Gasteiger partial charge in [-0.1, -0.05) is 13.8 Å². The SMILES string of the molecule is COC(=O)[C@@H](NC(=O)N(C)Cc1cncs1)[C@@H](C)OCC(C)C. The highest BCUT2D eigenvalue weighted by atomic mass is 32.1. The number of methoxy groups -OCH3 is 1. The van der Waals surface area contributed by atoms with Gasteiger partial charge in [0.15, 0.2) is 6.04 Å². The van der Waals surface area contributed by atoms with E-state index >= 15 is 0 Å². The molecule has 1 aromatic rings. The van der Waals surface area contributed by atoms with Crippen LogP contribution in [-0.2, 0) is 20.8 Å². The van der Waals surface area contributed by atoms with Crippen molar-refractivity contribution in [3.63, 3.8) is 0 Å². The number of nitrogens with zero attached hydrogens (tertiary/aromatic N) is 2. The summed E-state index contributed by atoms with van der Waals surface area (Å²) in [4.78, 5) is 30.6. The summed E-state index contributed by atoms with van der Waals surface area (Å²) in [5.74, 6) is -0.193. The Labute approximate surface area is 141 Å². The molecule has 0 fully saturated rings. The predicted molar refractivity (Wildman–Crippen MR) is 88.2 cm³/mol. The monoisotopic (exact) mass is 343 g/mol. The molecule has 0 bridgehead atoms. The standard InChI is InChI=1S/C15H25N3O4S/c1-10(2)8-22-11(3)13(14(19)21-5)17-15(20)18(4)7-12-6-16-9-23-12/h6,9-11,13H,7-8H2,1-5H3,(H,17,20)/t11-,13+/m1/s1. The zero-order chi connectivity index (χ0) is 17.4. The van der Waals surface area contributed by atoms with Crippen LogP contribution in [0, 0.1) is 5.92 Å². The normalized spacial score (nSPS) is 13.5. The zero-order valence-electron chi connectivity index (χ0n) is 14.2. The largest absolute Gasteiger partial charge is 0.467 e. The van der Waals surface area contributed by atoms with Crippen molar-refractivity contribution in [3.05, 3.63) is 16.6 Å². The quantitative estimate of drug-likeness (QED) is 0.729. The fourth-order valence-electron chi connectivity index (χ4n) is 1.80. The van der Waals surface area contributed by atoms with Gasteiger partial charge in [-0.3, -0.25) is 4.98 Å². The number of nitrogens with one attached hydrogen (secondary N) is 1. The van der Waals surface area contributed by atoms with Crippen molar-refractivity contribution in [2.24, 2.45) is 5.92 Å². The van der Waals surface area contributed by atoms with Crippen molar-refractivity contribution in [3.8, 4) is 0 Å². The lowest BCUT2D eigenvalue weighted by atomic mass is 10.1. The molecule has 8 heteroatoms. The maximum atomic E-state index is 12.3. The second kappa shape index (κ2) is 9.46. The molecule has 0 aliphatic heterocycles. The molecule has 0 unspecified atom stereocenters.